The summed E-state index contributed by atoms with van der Waals surface area (Å²) >= 11 is 0. The van der Waals surface area contributed by atoms with E-state index in [1.165, 1.54) is 24.6 Å². The zero-order chi connectivity index (χ0) is 19.7. The Kier molecular flexibility index (Phi) is 4.99. The van der Waals surface area contributed by atoms with Gasteiger partial charge in [0.1, 0.15) is 5.75 Å². The van der Waals surface area contributed by atoms with Gasteiger partial charge >= 0.3 is 6.36 Å². The van der Waals surface area contributed by atoms with E-state index in [4.69, 9.17) is 4.52 Å². The number of rotatable bonds is 4. The largest absolute Gasteiger partial charge is 0.573 e. The van der Waals surface area contributed by atoms with Gasteiger partial charge in [-0.25, -0.2) is 0 Å². The van der Waals surface area contributed by atoms with Crippen LogP contribution >= 0.6 is 0 Å². The summed E-state index contributed by atoms with van der Waals surface area (Å²) in [4.78, 5) is 18.6. The monoisotopic (exact) mass is 395 g/mol. The highest BCUT2D eigenvalue weighted by atomic mass is 19.4. The fraction of sp³-hybridized carbons (Fsp3) is 0.526. The molecule has 0 N–H and O–H groups in total. The molecule has 4 rings (SSSR count). The zero-order valence-corrected chi connectivity index (χ0v) is 15.1. The fourth-order valence-corrected chi connectivity index (χ4v) is 4.02. The lowest BCUT2D eigenvalue weighted by Gasteiger charge is -2.31. The van der Waals surface area contributed by atoms with E-state index < -0.39 is 12.1 Å². The summed E-state index contributed by atoms with van der Waals surface area (Å²) in [7, 11) is 0. The molecule has 1 aliphatic heterocycles. The summed E-state index contributed by atoms with van der Waals surface area (Å²) in [5.41, 5.74) is 0.0621. The van der Waals surface area contributed by atoms with Crippen LogP contribution in [0.4, 0.5) is 13.2 Å². The van der Waals surface area contributed by atoms with Crippen molar-refractivity contribution < 1.29 is 27.2 Å². The quantitative estimate of drug-likeness (QED) is 0.773. The molecule has 1 aromatic heterocycles. The molecule has 1 saturated carbocycles. The standard InChI is InChI=1S/C19H20F3N3O3/c20-19(21,22)27-15-9-5-4-8-14(15)18-23-17(24-28-18)12-10-16(26)25(11-12)13-6-2-1-3-7-13/h4-5,8-9,12-13H,1-3,6-7,10-11H2. The number of likely N-dealkylation sites (tertiary alicyclic amines) is 1. The summed E-state index contributed by atoms with van der Waals surface area (Å²) < 4.78 is 47.1. The molecule has 1 amide bonds. The molecule has 6 nitrogen and oxygen atoms in total. The Hall–Kier alpha value is -2.58. The molecule has 1 atom stereocenters. The van der Waals surface area contributed by atoms with Crippen LogP contribution < -0.4 is 4.74 Å². The fourth-order valence-electron chi connectivity index (χ4n) is 4.02. The van der Waals surface area contributed by atoms with Crippen LogP contribution in [-0.2, 0) is 4.79 Å². The molecule has 1 aliphatic carbocycles. The number of hydrogen-bond donors (Lipinski definition) is 0. The van der Waals surface area contributed by atoms with Crippen molar-refractivity contribution in [3.63, 3.8) is 0 Å². The first-order chi connectivity index (χ1) is 13.4. The van der Waals surface area contributed by atoms with Crippen LogP contribution in [0.15, 0.2) is 28.8 Å². The van der Waals surface area contributed by atoms with Gasteiger partial charge in [0.25, 0.3) is 5.89 Å². The molecule has 1 unspecified atom stereocenters. The van der Waals surface area contributed by atoms with Gasteiger partial charge in [-0.15, -0.1) is 13.2 Å². The van der Waals surface area contributed by atoms with E-state index in [2.05, 4.69) is 14.9 Å². The van der Waals surface area contributed by atoms with Crippen LogP contribution in [0.5, 0.6) is 5.75 Å². The van der Waals surface area contributed by atoms with E-state index in [-0.39, 0.29) is 35.7 Å². The van der Waals surface area contributed by atoms with E-state index in [0.717, 1.165) is 25.7 Å². The minimum Gasteiger partial charge on any atom is -0.405 e. The summed E-state index contributed by atoms with van der Waals surface area (Å²) in [6, 6.07) is 5.87. The number of aromatic nitrogens is 2. The molecule has 2 fully saturated rings. The minimum absolute atomic E-state index is 0.0570. The molecule has 2 aliphatic rings. The van der Waals surface area contributed by atoms with Gasteiger partial charge in [-0.3, -0.25) is 4.79 Å². The Labute approximate surface area is 159 Å². The molecule has 9 heteroatoms. The zero-order valence-electron chi connectivity index (χ0n) is 15.1. The number of hydrogen-bond acceptors (Lipinski definition) is 5. The number of para-hydroxylation sites is 1. The number of amides is 1. The maximum atomic E-state index is 12.6. The second kappa shape index (κ2) is 7.44. The Balaban J connectivity index is 1.52. The van der Waals surface area contributed by atoms with E-state index >= 15 is 0 Å². The number of benzene rings is 1. The van der Waals surface area contributed by atoms with E-state index in [1.807, 2.05) is 4.90 Å². The van der Waals surface area contributed by atoms with E-state index in [0.29, 0.717) is 12.4 Å². The number of carbonyl (C=O) groups excluding carboxylic acids is 1. The molecule has 0 bridgehead atoms. The number of carbonyl (C=O) groups is 1. The lowest BCUT2D eigenvalue weighted by atomic mass is 9.94. The van der Waals surface area contributed by atoms with Crippen LogP contribution in [0.1, 0.15) is 50.3 Å². The highest BCUT2D eigenvalue weighted by Gasteiger charge is 2.38. The maximum absolute atomic E-state index is 12.6. The van der Waals surface area contributed by atoms with Crippen molar-refractivity contribution in [2.45, 2.75) is 56.8 Å². The first kappa shape index (κ1) is 18.8. The maximum Gasteiger partial charge on any atom is 0.573 e. The second-order valence-corrected chi connectivity index (χ2v) is 7.24. The van der Waals surface area contributed by atoms with Gasteiger partial charge in [-0.2, -0.15) is 4.98 Å². The number of nitrogens with zero attached hydrogens (tertiary/aromatic N) is 3. The molecular formula is C19H20F3N3O3. The first-order valence-electron chi connectivity index (χ1n) is 9.39. The van der Waals surface area contributed by atoms with E-state index in [1.54, 1.807) is 6.07 Å². The molecule has 0 radical (unpaired) electrons. The number of ether oxygens (including phenoxy) is 1. The van der Waals surface area contributed by atoms with Crippen LogP contribution in [0.3, 0.4) is 0 Å². The Bertz CT molecular complexity index is 846. The highest BCUT2D eigenvalue weighted by Crippen LogP contribution is 2.36. The van der Waals surface area contributed by atoms with Gasteiger partial charge in [0.15, 0.2) is 5.82 Å². The van der Waals surface area contributed by atoms with Crippen molar-refractivity contribution in [2.24, 2.45) is 0 Å². The van der Waals surface area contributed by atoms with Crippen molar-refractivity contribution in [1.82, 2.24) is 15.0 Å². The van der Waals surface area contributed by atoms with Gasteiger partial charge in [-0.1, -0.05) is 36.6 Å². The lowest BCUT2D eigenvalue weighted by Crippen LogP contribution is -2.37. The van der Waals surface area contributed by atoms with Crippen molar-refractivity contribution in [2.75, 3.05) is 6.54 Å². The van der Waals surface area contributed by atoms with Crippen molar-refractivity contribution in [3.05, 3.63) is 30.1 Å². The third-order valence-corrected chi connectivity index (χ3v) is 5.32. The summed E-state index contributed by atoms with van der Waals surface area (Å²) in [6.07, 6.45) is 0.947. The molecular weight excluding hydrogens is 375 g/mol. The van der Waals surface area contributed by atoms with Crippen LogP contribution in [0, 0.1) is 0 Å². The highest BCUT2D eigenvalue weighted by molar-refractivity contribution is 5.80. The smallest absolute Gasteiger partial charge is 0.405 e. The molecule has 1 aromatic carbocycles. The van der Waals surface area contributed by atoms with Crippen molar-refractivity contribution in [3.8, 4) is 17.2 Å². The molecule has 2 heterocycles. The van der Waals surface area contributed by atoms with Crippen LogP contribution in [-0.4, -0.2) is 39.9 Å². The normalized spacial score (nSPS) is 21.3. The average molecular weight is 395 g/mol. The average Bonchev–Trinajstić information content (AvgIpc) is 3.28. The Morgan fingerprint density at radius 1 is 1.14 bits per heavy atom. The van der Waals surface area contributed by atoms with Crippen molar-refractivity contribution >= 4 is 5.91 Å². The van der Waals surface area contributed by atoms with Gasteiger partial charge in [-0.05, 0) is 25.0 Å². The summed E-state index contributed by atoms with van der Waals surface area (Å²) in [5, 5.41) is 3.92. The lowest BCUT2D eigenvalue weighted by molar-refractivity contribution is -0.274. The molecule has 28 heavy (non-hydrogen) atoms. The van der Waals surface area contributed by atoms with Crippen molar-refractivity contribution in [1.29, 1.82) is 0 Å². The third kappa shape index (κ3) is 3.98. The van der Waals surface area contributed by atoms with Gasteiger partial charge in [0.2, 0.25) is 5.91 Å². The van der Waals surface area contributed by atoms with Crippen LogP contribution in [0.2, 0.25) is 0 Å². The first-order valence-corrected chi connectivity index (χ1v) is 9.39. The molecule has 150 valence electrons. The topological polar surface area (TPSA) is 68.5 Å². The van der Waals surface area contributed by atoms with Gasteiger partial charge in [0.05, 0.1) is 5.56 Å². The second-order valence-electron chi connectivity index (χ2n) is 7.24. The molecule has 2 aromatic rings. The van der Waals surface area contributed by atoms with Gasteiger partial charge in [0, 0.05) is 24.9 Å². The SMILES string of the molecule is O=C1CC(c2noc(-c3ccccc3OC(F)(F)F)n2)CN1C1CCCCC1. The summed E-state index contributed by atoms with van der Waals surface area (Å²) in [6.45, 7) is 0.517. The third-order valence-electron chi connectivity index (χ3n) is 5.32. The van der Waals surface area contributed by atoms with Crippen LogP contribution in [0.25, 0.3) is 11.5 Å². The Morgan fingerprint density at radius 3 is 2.64 bits per heavy atom. The summed E-state index contributed by atoms with van der Waals surface area (Å²) in [5.74, 6) is -0.273. The number of alkyl halides is 3. The Morgan fingerprint density at radius 2 is 1.89 bits per heavy atom. The minimum atomic E-state index is -4.82. The predicted octanol–water partition coefficient (Wildman–Crippen LogP) is 4.28. The van der Waals surface area contributed by atoms with E-state index in [9.17, 15) is 18.0 Å². The van der Waals surface area contributed by atoms with Gasteiger partial charge < -0.3 is 14.2 Å². The molecule has 1 saturated heterocycles. The number of halogens is 3. The molecule has 0 spiro atoms. The predicted molar refractivity (Wildman–Crippen MR) is 92.4 cm³/mol.